The molecule has 0 radical (unpaired) electrons. The molecule has 3 nitrogen and oxygen atoms in total. The molecule has 0 aromatic rings. The van der Waals surface area contributed by atoms with Gasteiger partial charge in [-0.15, -0.1) is 0 Å². The van der Waals surface area contributed by atoms with Crippen molar-refractivity contribution in [2.24, 2.45) is 5.92 Å². The van der Waals surface area contributed by atoms with Gasteiger partial charge in [0.15, 0.2) is 0 Å². The van der Waals surface area contributed by atoms with Crippen LogP contribution < -0.4 is 5.32 Å². The molecule has 0 spiro atoms. The van der Waals surface area contributed by atoms with Crippen LogP contribution in [0.15, 0.2) is 0 Å². The number of hydrogen-bond donors (Lipinski definition) is 1. The van der Waals surface area contributed by atoms with E-state index in [1.165, 1.54) is 38.8 Å². The molecule has 1 N–H and O–H groups in total. The van der Waals surface area contributed by atoms with Gasteiger partial charge in [-0.2, -0.15) is 0 Å². The van der Waals surface area contributed by atoms with E-state index in [2.05, 4.69) is 31.0 Å². The molecular formula is C15H32N2O. The first kappa shape index (κ1) is 15.9. The molecule has 3 atom stereocenters. The maximum absolute atomic E-state index is 5.29. The second-order valence-electron chi connectivity index (χ2n) is 5.64. The van der Waals surface area contributed by atoms with Crippen molar-refractivity contribution in [3.05, 3.63) is 0 Å². The number of rotatable bonds is 9. The van der Waals surface area contributed by atoms with Crippen LogP contribution in [0.25, 0.3) is 0 Å². The van der Waals surface area contributed by atoms with Crippen LogP contribution in [-0.2, 0) is 4.74 Å². The second kappa shape index (κ2) is 8.89. The Hall–Kier alpha value is -0.120. The van der Waals surface area contributed by atoms with Crippen molar-refractivity contribution in [2.75, 3.05) is 33.4 Å². The summed E-state index contributed by atoms with van der Waals surface area (Å²) in [6.07, 6.45) is 5.38. The number of hydrogen-bond acceptors (Lipinski definition) is 3. The normalized spacial score (nSPS) is 25.8. The van der Waals surface area contributed by atoms with Gasteiger partial charge in [0.2, 0.25) is 0 Å². The number of methoxy groups -OCH3 is 1. The maximum atomic E-state index is 5.29. The molecule has 0 amide bonds. The van der Waals surface area contributed by atoms with Crippen LogP contribution in [0, 0.1) is 5.92 Å². The fraction of sp³-hybridized carbons (Fsp3) is 1.00. The van der Waals surface area contributed by atoms with Crippen LogP contribution in [0.1, 0.15) is 46.5 Å². The molecule has 18 heavy (non-hydrogen) atoms. The highest BCUT2D eigenvalue weighted by atomic mass is 16.5. The van der Waals surface area contributed by atoms with Gasteiger partial charge in [0.05, 0.1) is 6.61 Å². The summed E-state index contributed by atoms with van der Waals surface area (Å²) < 4.78 is 5.29. The molecule has 1 aliphatic rings. The average Bonchev–Trinajstić information content (AvgIpc) is 2.80. The van der Waals surface area contributed by atoms with E-state index in [9.17, 15) is 0 Å². The van der Waals surface area contributed by atoms with E-state index in [1.54, 1.807) is 7.11 Å². The van der Waals surface area contributed by atoms with Crippen molar-refractivity contribution in [3.8, 4) is 0 Å². The van der Waals surface area contributed by atoms with Crippen molar-refractivity contribution in [3.63, 3.8) is 0 Å². The molecule has 108 valence electrons. The Morgan fingerprint density at radius 1 is 1.33 bits per heavy atom. The molecular weight excluding hydrogens is 224 g/mol. The van der Waals surface area contributed by atoms with E-state index < -0.39 is 0 Å². The molecule has 0 heterocycles. The first-order chi connectivity index (χ1) is 8.72. The monoisotopic (exact) mass is 256 g/mol. The third-order valence-electron chi connectivity index (χ3n) is 4.22. The predicted octanol–water partition coefficient (Wildman–Crippen LogP) is 2.51. The molecule has 3 unspecified atom stereocenters. The van der Waals surface area contributed by atoms with Crippen LogP contribution >= 0.6 is 0 Å². The standard InChI is InChI=1S/C15H32N2O/c1-5-10-16-15-9-7-8-14(15)11-17(6-2)13(3)12-18-4/h13-16H,5-12H2,1-4H3. The van der Waals surface area contributed by atoms with Gasteiger partial charge in [0.1, 0.15) is 0 Å². The van der Waals surface area contributed by atoms with Crippen LogP contribution in [-0.4, -0.2) is 50.3 Å². The summed E-state index contributed by atoms with van der Waals surface area (Å²) in [5.74, 6) is 0.829. The summed E-state index contributed by atoms with van der Waals surface area (Å²) in [6.45, 7) is 11.1. The molecule has 0 bridgehead atoms. The summed E-state index contributed by atoms with van der Waals surface area (Å²) in [7, 11) is 1.80. The molecule has 3 heteroatoms. The molecule has 1 fully saturated rings. The summed E-state index contributed by atoms with van der Waals surface area (Å²) >= 11 is 0. The highest BCUT2D eigenvalue weighted by Crippen LogP contribution is 2.27. The molecule has 0 aromatic carbocycles. The summed E-state index contributed by atoms with van der Waals surface area (Å²) in [6, 6.07) is 1.28. The lowest BCUT2D eigenvalue weighted by Gasteiger charge is -2.32. The molecule has 1 aliphatic carbocycles. The van der Waals surface area contributed by atoms with Crippen LogP contribution in [0.4, 0.5) is 0 Å². The minimum Gasteiger partial charge on any atom is -0.383 e. The van der Waals surface area contributed by atoms with Crippen LogP contribution in [0.3, 0.4) is 0 Å². The fourth-order valence-corrected chi connectivity index (χ4v) is 3.12. The van der Waals surface area contributed by atoms with Gasteiger partial charge in [-0.3, -0.25) is 4.90 Å². The van der Waals surface area contributed by atoms with E-state index in [0.29, 0.717) is 6.04 Å². The number of nitrogens with one attached hydrogen (secondary N) is 1. The van der Waals surface area contributed by atoms with Gasteiger partial charge in [-0.25, -0.2) is 0 Å². The molecule has 1 rings (SSSR count). The van der Waals surface area contributed by atoms with Crippen molar-refractivity contribution in [2.45, 2.75) is 58.5 Å². The SMILES string of the molecule is CCCNC1CCCC1CN(CC)C(C)COC. The quantitative estimate of drug-likeness (QED) is 0.686. The molecule has 0 aliphatic heterocycles. The van der Waals surface area contributed by atoms with Gasteiger partial charge in [-0.1, -0.05) is 20.3 Å². The Kier molecular flexibility index (Phi) is 7.87. The summed E-state index contributed by atoms with van der Waals surface area (Å²) in [5, 5.41) is 3.72. The third kappa shape index (κ3) is 4.87. The first-order valence-corrected chi connectivity index (χ1v) is 7.69. The fourth-order valence-electron chi connectivity index (χ4n) is 3.12. The zero-order chi connectivity index (χ0) is 13.4. The van der Waals surface area contributed by atoms with Crippen LogP contribution in [0.2, 0.25) is 0 Å². The summed E-state index contributed by atoms with van der Waals surface area (Å²) in [5.41, 5.74) is 0. The van der Waals surface area contributed by atoms with Gasteiger partial charge >= 0.3 is 0 Å². The van der Waals surface area contributed by atoms with Crippen molar-refractivity contribution < 1.29 is 4.74 Å². The predicted molar refractivity (Wildman–Crippen MR) is 78.0 cm³/mol. The van der Waals surface area contributed by atoms with Crippen molar-refractivity contribution in [1.82, 2.24) is 10.2 Å². The lowest BCUT2D eigenvalue weighted by atomic mass is 10.0. The Labute approximate surface area is 113 Å². The number of likely N-dealkylation sites (N-methyl/N-ethyl adjacent to an activating group) is 1. The Balaban J connectivity index is 2.42. The second-order valence-corrected chi connectivity index (χ2v) is 5.64. The average molecular weight is 256 g/mol. The highest BCUT2D eigenvalue weighted by molar-refractivity contribution is 4.86. The molecule has 0 aromatic heterocycles. The zero-order valence-corrected chi connectivity index (χ0v) is 12.7. The zero-order valence-electron chi connectivity index (χ0n) is 12.7. The topological polar surface area (TPSA) is 24.5 Å². The third-order valence-corrected chi connectivity index (χ3v) is 4.22. The van der Waals surface area contributed by atoms with Crippen molar-refractivity contribution in [1.29, 1.82) is 0 Å². The Morgan fingerprint density at radius 3 is 2.72 bits per heavy atom. The van der Waals surface area contributed by atoms with E-state index in [1.807, 2.05) is 0 Å². The van der Waals surface area contributed by atoms with Gasteiger partial charge in [0.25, 0.3) is 0 Å². The maximum Gasteiger partial charge on any atom is 0.0615 e. The lowest BCUT2D eigenvalue weighted by Crippen LogP contribution is -2.44. The van der Waals surface area contributed by atoms with E-state index in [0.717, 1.165) is 25.1 Å². The van der Waals surface area contributed by atoms with E-state index >= 15 is 0 Å². The lowest BCUT2D eigenvalue weighted by molar-refractivity contribution is 0.0886. The number of ether oxygens (including phenoxy) is 1. The van der Waals surface area contributed by atoms with E-state index in [-0.39, 0.29) is 0 Å². The van der Waals surface area contributed by atoms with E-state index in [4.69, 9.17) is 4.74 Å². The smallest absolute Gasteiger partial charge is 0.0615 e. The Bertz CT molecular complexity index is 211. The first-order valence-electron chi connectivity index (χ1n) is 7.69. The summed E-state index contributed by atoms with van der Waals surface area (Å²) in [4.78, 5) is 2.57. The minimum absolute atomic E-state index is 0.535. The van der Waals surface area contributed by atoms with Gasteiger partial charge < -0.3 is 10.1 Å². The molecule has 0 saturated heterocycles. The minimum atomic E-state index is 0.535. The van der Waals surface area contributed by atoms with Gasteiger partial charge in [0, 0.05) is 25.7 Å². The van der Waals surface area contributed by atoms with Crippen LogP contribution in [0.5, 0.6) is 0 Å². The number of nitrogens with zero attached hydrogens (tertiary/aromatic N) is 1. The van der Waals surface area contributed by atoms with Gasteiger partial charge in [-0.05, 0) is 45.2 Å². The highest BCUT2D eigenvalue weighted by Gasteiger charge is 2.29. The van der Waals surface area contributed by atoms with Crippen molar-refractivity contribution >= 4 is 0 Å². The largest absolute Gasteiger partial charge is 0.383 e. The Morgan fingerprint density at radius 2 is 2.11 bits per heavy atom. The molecule has 1 saturated carbocycles.